The first-order valence-corrected chi connectivity index (χ1v) is 21.1. The highest BCUT2D eigenvalue weighted by Crippen LogP contribution is 2.08. The summed E-state index contributed by atoms with van der Waals surface area (Å²) in [5, 5.41) is 0. The fourth-order valence-electron chi connectivity index (χ4n) is 4.80. The normalized spacial score (nSPS) is 11.7. The number of hydrogen-bond donors (Lipinski definition) is 0. The van der Waals surface area contributed by atoms with Gasteiger partial charge in [0.25, 0.3) is 0 Å². The van der Waals surface area contributed by atoms with Gasteiger partial charge in [0.2, 0.25) is 0 Å². The lowest BCUT2D eigenvalue weighted by molar-refractivity contribution is -0.140. The minimum Gasteiger partial charge on any atom is -0.460 e. The summed E-state index contributed by atoms with van der Waals surface area (Å²) in [6, 6.07) is 0. The van der Waals surface area contributed by atoms with Crippen molar-refractivity contribution in [3.8, 4) is 0 Å². The zero-order valence-electron chi connectivity index (χ0n) is 34.7. The molecule has 13 nitrogen and oxygen atoms in total. The van der Waals surface area contributed by atoms with Crippen LogP contribution in [-0.4, -0.2) is 144 Å². The number of esters is 2. The molecule has 0 atom stereocenters. The van der Waals surface area contributed by atoms with Crippen molar-refractivity contribution in [1.82, 2.24) is 0 Å². The SMILES string of the molecule is CCCCCCCCC=CC(=O)OCCOCCOCCOCCOCCOCCOCCOCCOCCOCCOC(=O)C=CCCCCCCCC. The third kappa shape index (κ3) is 48.1. The summed E-state index contributed by atoms with van der Waals surface area (Å²) in [5.41, 5.74) is 0. The molecule has 0 saturated heterocycles. The Balaban J connectivity index is 3.19. The summed E-state index contributed by atoms with van der Waals surface area (Å²) in [4.78, 5) is 23.4. The summed E-state index contributed by atoms with van der Waals surface area (Å²) in [7, 11) is 0. The van der Waals surface area contributed by atoms with Gasteiger partial charge in [0.1, 0.15) is 13.2 Å². The molecular formula is C42H78O13. The van der Waals surface area contributed by atoms with Crippen LogP contribution >= 0.6 is 0 Å². The Hall–Kier alpha value is -1.94. The van der Waals surface area contributed by atoms with Gasteiger partial charge in [-0.2, -0.15) is 0 Å². The third-order valence-corrected chi connectivity index (χ3v) is 7.88. The van der Waals surface area contributed by atoms with Crippen molar-refractivity contribution >= 4 is 11.9 Å². The molecule has 0 aliphatic rings. The zero-order chi connectivity index (χ0) is 39.8. The van der Waals surface area contributed by atoms with Crippen molar-refractivity contribution in [2.24, 2.45) is 0 Å². The van der Waals surface area contributed by atoms with Crippen LogP contribution < -0.4 is 0 Å². The molecule has 0 aromatic heterocycles. The highest BCUT2D eigenvalue weighted by molar-refractivity contribution is 5.82. The van der Waals surface area contributed by atoms with E-state index >= 15 is 0 Å². The maximum atomic E-state index is 11.7. The van der Waals surface area contributed by atoms with Gasteiger partial charge in [-0.05, 0) is 25.7 Å². The molecule has 0 aliphatic carbocycles. The van der Waals surface area contributed by atoms with Crippen LogP contribution in [0.1, 0.15) is 104 Å². The number of carbonyl (C=O) groups excluding carboxylic acids is 2. The fourth-order valence-corrected chi connectivity index (χ4v) is 4.80. The molecule has 0 amide bonds. The van der Waals surface area contributed by atoms with Gasteiger partial charge in [-0.25, -0.2) is 9.59 Å². The van der Waals surface area contributed by atoms with E-state index in [0.29, 0.717) is 119 Å². The Kier molecular flexibility index (Phi) is 46.5. The maximum Gasteiger partial charge on any atom is 0.330 e. The van der Waals surface area contributed by atoms with Crippen LogP contribution in [-0.2, 0) is 61.7 Å². The standard InChI is InChI=1S/C42H78O13/c1-3-5-7-9-11-13-15-17-19-41(43)54-39-37-52-35-33-50-31-29-48-27-25-46-23-21-45-22-24-47-26-28-49-30-32-51-34-36-53-38-40-55-42(44)20-18-16-14-12-10-8-6-4-2/h17-20H,3-16,21-40H2,1-2H3. The van der Waals surface area contributed by atoms with Crippen LogP contribution in [0.2, 0.25) is 0 Å². The van der Waals surface area contributed by atoms with E-state index in [2.05, 4.69) is 13.8 Å². The Morgan fingerprint density at radius 3 is 0.782 bits per heavy atom. The number of hydrogen-bond acceptors (Lipinski definition) is 13. The molecule has 324 valence electrons. The summed E-state index contributed by atoms with van der Waals surface area (Å²) < 4.78 is 59.5. The Morgan fingerprint density at radius 1 is 0.309 bits per heavy atom. The van der Waals surface area contributed by atoms with Crippen LogP contribution in [0.3, 0.4) is 0 Å². The fraction of sp³-hybridized carbons (Fsp3) is 0.857. The van der Waals surface area contributed by atoms with Crippen molar-refractivity contribution < 1.29 is 61.7 Å². The predicted molar refractivity (Wildman–Crippen MR) is 214 cm³/mol. The molecule has 0 aliphatic heterocycles. The number of rotatable bonds is 46. The van der Waals surface area contributed by atoms with E-state index < -0.39 is 0 Å². The molecule has 0 heterocycles. The highest BCUT2D eigenvalue weighted by Gasteiger charge is 2.00. The van der Waals surface area contributed by atoms with Crippen LogP contribution in [0.15, 0.2) is 24.3 Å². The first-order chi connectivity index (χ1) is 27.2. The molecule has 0 rings (SSSR count). The van der Waals surface area contributed by atoms with E-state index in [1.807, 2.05) is 12.2 Å². The van der Waals surface area contributed by atoms with Gasteiger partial charge in [0.15, 0.2) is 0 Å². The molecule has 0 N–H and O–H groups in total. The second-order valence-corrected chi connectivity index (χ2v) is 12.8. The first-order valence-electron chi connectivity index (χ1n) is 21.1. The second kappa shape index (κ2) is 48.2. The Morgan fingerprint density at radius 2 is 0.527 bits per heavy atom. The summed E-state index contributed by atoms with van der Waals surface area (Å²) in [6.07, 6.45) is 23.5. The van der Waals surface area contributed by atoms with E-state index in [1.165, 1.54) is 76.4 Å². The molecule has 0 bridgehead atoms. The molecule has 0 radical (unpaired) electrons. The van der Waals surface area contributed by atoms with Crippen LogP contribution in [0.25, 0.3) is 0 Å². The second-order valence-electron chi connectivity index (χ2n) is 12.8. The topological polar surface area (TPSA) is 136 Å². The highest BCUT2D eigenvalue weighted by atomic mass is 16.6. The average Bonchev–Trinajstić information content (AvgIpc) is 3.19. The van der Waals surface area contributed by atoms with Gasteiger partial charge >= 0.3 is 11.9 Å². The van der Waals surface area contributed by atoms with E-state index in [-0.39, 0.29) is 25.2 Å². The van der Waals surface area contributed by atoms with E-state index in [1.54, 1.807) is 0 Å². The quantitative estimate of drug-likeness (QED) is 0.0362. The van der Waals surface area contributed by atoms with Crippen LogP contribution in [0.5, 0.6) is 0 Å². The average molecular weight is 791 g/mol. The van der Waals surface area contributed by atoms with E-state index in [4.69, 9.17) is 52.1 Å². The van der Waals surface area contributed by atoms with Gasteiger partial charge in [-0.15, -0.1) is 0 Å². The van der Waals surface area contributed by atoms with Gasteiger partial charge in [-0.1, -0.05) is 90.2 Å². The van der Waals surface area contributed by atoms with Gasteiger partial charge in [-0.3, -0.25) is 0 Å². The minimum absolute atomic E-state index is 0.232. The predicted octanol–water partition coefficient (Wildman–Crippen LogP) is 6.84. The lowest BCUT2D eigenvalue weighted by atomic mass is 10.1. The molecule has 0 aromatic carbocycles. The summed E-state index contributed by atoms with van der Waals surface area (Å²) in [6.45, 7) is 13.1. The smallest absolute Gasteiger partial charge is 0.330 e. The molecule has 0 unspecified atom stereocenters. The minimum atomic E-state index is -0.322. The third-order valence-electron chi connectivity index (χ3n) is 7.88. The summed E-state index contributed by atoms with van der Waals surface area (Å²) in [5.74, 6) is -0.643. The molecule has 55 heavy (non-hydrogen) atoms. The molecule has 0 saturated carbocycles. The Labute approximate surface area is 333 Å². The van der Waals surface area contributed by atoms with Crippen molar-refractivity contribution in [1.29, 1.82) is 0 Å². The van der Waals surface area contributed by atoms with E-state index in [0.717, 1.165) is 25.7 Å². The number of ether oxygens (including phenoxy) is 11. The summed E-state index contributed by atoms with van der Waals surface area (Å²) >= 11 is 0. The largest absolute Gasteiger partial charge is 0.460 e. The van der Waals surface area contributed by atoms with Crippen molar-refractivity contribution in [2.45, 2.75) is 104 Å². The maximum absolute atomic E-state index is 11.7. The van der Waals surface area contributed by atoms with E-state index in [9.17, 15) is 9.59 Å². The Bertz CT molecular complexity index is 774. The van der Waals surface area contributed by atoms with Crippen molar-refractivity contribution in [2.75, 3.05) is 132 Å². The van der Waals surface area contributed by atoms with Gasteiger partial charge < -0.3 is 52.1 Å². The van der Waals surface area contributed by atoms with Crippen molar-refractivity contribution in [3.63, 3.8) is 0 Å². The molecule has 0 aromatic rings. The number of allylic oxidation sites excluding steroid dienone is 2. The molecule has 0 spiro atoms. The number of unbranched alkanes of at least 4 members (excludes halogenated alkanes) is 12. The van der Waals surface area contributed by atoms with Gasteiger partial charge in [0, 0.05) is 12.2 Å². The molecule has 0 fully saturated rings. The molecular weight excluding hydrogens is 712 g/mol. The lowest BCUT2D eigenvalue weighted by Gasteiger charge is -2.09. The van der Waals surface area contributed by atoms with Crippen molar-refractivity contribution in [3.05, 3.63) is 24.3 Å². The number of carbonyl (C=O) groups is 2. The monoisotopic (exact) mass is 791 g/mol. The van der Waals surface area contributed by atoms with Crippen LogP contribution in [0.4, 0.5) is 0 Å². The lowest BCUT2D eigenvalue weighted by Crippen LogP contribution is -2.15. The first kappa shape index (κ1) is 53.1. The zero-order valence-corrected chi connectivity index (χ0v) is 34.7. The van der Waals surface area contributed by atoms with Gasteiger partial charge in [0.05, 0.1) is 119 Å². The van der Waals surface area contributed by atoms with Crippen LogP contribution in [0, 0.1) is 0 Å². The molecule has 13 heteroatoms.